The van der Waals surface area contributed by atoms with Crippen LogP contribution in [0.1, 0.15) is 67.7 Å². The van der Waals surface area contributed by atoms with Crippen LogP contribution in [0, 0.1) is 0 Å². The van der Waals surface area contributed by atoms with E-state index in [0.29, 0.717) is 0 Å². The standard InChI is InChI=1S/C12H26N2O2.C2H6/c1-6-7-8-10(13)9(2)14-11(15)16-12(3,4)5;1-2/h9-10H,6-8,13H2,1-5H3,(H,14,15);1-2H3. The van der Waals surface area contributed by atoms with Gasteiger partial charge in [0.15, 0.2) is 0 Å². The molecule has 0 saturated carbocycles. The second kappa shape index (κ2) is 10.2. The normalized spacial score (nSPS) is 14.0. The van der Waals surface area contributed by atoms with E-state index in [4.69, 9.17) is 10.5 Å². The van der Waals surface area contributed by atoms with Gasteiger partial charge in [-0.2, -0.15) is 0 Å². The number of alkyl carbamates (subject to hydrolysis) is 1. The molecular formula is C14H32N2O2. The summed E-state index contributed by atoms with van der Waals surface area (Å²) in [6.45, 7) is 13.6. The molecule has 2 atom stereocenters. The van der Waals surface area contributed by atoms with Gasteiger partial charge in [-0.25, -0.2) is 4.79 Å². The second-order valence-electron chi connectivity index (χ2n) is 5.24. The number of hydrogen-bond donors (Lipinski definition) is 2. The van der Waals surface area contributed by atoms with E-state index in [-0.39, 0.29) is 12.1 Å². The summed E-state index contributed by atoms with van der Waals surface area (Å²) < 4.78 is 5.16. The molecule has 0 heterocycles. The molecule has 0 aromatic heterocycles. The Morgan fingerprint density at radius 2 is 1.83 bits per heavy atom. The Labute approximate surface area is 113 Å². The number of ether oxygens (including phenoxy) is 1. The molecule has 4 heteroatoms. The first kappa shape index (κ1) is 19.6. The third kappa shape index (κ3) is 11.7. The summed E-state index contributed by atoms with van der Waals surface area (Å²) in [5, 5.41) is 2.76. The summed E-state index contributed by atoms with van der Waals surface area (Å²) in [4.78, 5) is 11.5. The highest BCUT2D eigenvalue weighted by Gasteiger charge is 2.20. The molecule has 0 aliphatic rings. The van der Waals surface area contributed by atoms with E-state index in [9.17, 15) is 4.79 Å². The predicted octanol–water partition coefficient (Wildman–Crippen LogP) is 3.44. The van der Waals surface area contributed by atoms with E-state index >= 15 is 0 Å². The van der Waals surface area contributed by atoms with Crippen LogP contribution in [-0.2, 0) is 4.74 Å². The fourth-order valence-corrected chi connectivity index (χ4v) is 1.29. The van der Waals surface area contributed by atoms with E-state index in [1.165, 1.54) is 0 Å². The molecule has 0 spiro atoms. The van der Waals surface area contributed by atoms with Gasteiger partial charge in [-0.3, -0.25) is 0 Å². The van der Waals surface area contributed by atoms with Crippen LogP contribution >= 0.6 is 0 Å². The quantitative estimate of drug-likeness (QED) is 0.796. The molecule has 0 saturated heterocycles. The van der Waals surface area contributed by atoms with Gasteiger partial charge in [0, 0.05) is 12.1 Å². The molecule has 0 radical (unpaired) electrons. The first-order valence-corrected chi connectivity index (χ1v) is 7.01. The Hall–Kier alpha value is -0.770. The van der Waals surface area contributed by atoms with Crippen molar-refractivity contribution < 1.29 is 9.53 Å². The van der Waals surface area contributed by atoms with Gasteiger partial charge in [0.1, 0.15) is 5.60 Å². The van der Waals surface area contributed by atoms with Gasteiger partial charge in [0.05, 0.1) is 0 Å². The summed E-state index contributed by atoms with van der Waals surface area (Å²) in [7, 11) is 0. The number of rotatable bonds is 5. The van der Waals surface area contributed by atoms with Gasteiger partial charge in [-0.15, -0.1) is 0 Å². The third-order valence-electron chi connectivity index (χ3n) is 2.28. The van der Waals surface area contributed by atoms with Crippen LogP contribution in [0.3, 0.4) is 0 Å². The van der Waals surface area contributed by atoms with E-state index in [1.54, 1.807) is 0 Å². The molecule has 0 bridgehead atoms. The van der Waals surface area contributed by atoms with Crippen molar-refractivity contribution in [1.82, 2.24) is 5.32 Å². The van der Waals surface area contributed by atoms with Crippen molar-refractivity contribution in [2.75, 3.05) is 0 Å². The maximum Gasteiger partial charge on any atom is 0.407 e. The van der Waals surface area contributed by atoms with Gasteiger partial charge < -0.3 is 15.8 Å². The Bertz CT molecular complexity index is 212. The average molecular weight is 260 g/mol. The first-order valence-electron chi connectivity index (χ1n) is 7.01. The number of nitrogens with one attached hydrogen (secondary N) is 1. The molecule has 0 aliphatic carbocycles. The summed E-state index contributed by atoms with van der Waals surface area (Å²) in [5.41, 5.74) is 5.48. The lowest BCUT2D eigenvalue weighted by molar-refractivity contribution is 0.0500. The zero-order valence-corrected chi connectivity index (χ0v) is 13.2. The van der Waals surface area contributed by atoms with Crippen molar-refractivity contribution in [2.45, 2.75) is 85.4 Å². The monoisotopic (exact) mass is 260 g/mol. The van der Waals surface area contributed by atoms with Crippen molar-refractivity contribution in [3.05, 3.63) is 0 Å². The molecular weight excluding hydrogens is 228 g/mol. The lowest BCUT2D eigenvalue weighted by Crippen LogP contribution is -2.47. The first-order chi connectivity index (χ1) is 8.26. The highest BCUT2D eigenvalue weighted by atomic mass is 16.6. The van der Waals surface area contributed by atoms with E-state index in [0.717, 1.165) is 19.3 Å². The van der Waals surface area contributed by atoms with Gasteiger partial charge in [-0.05, 0) is 34.1 Å². The number of carbonyl (C=O) groups excluding carboxylic acids is 1. The Morgan fingerprint density at radius 1 is 1.33 bits per heavy atom. The van der Waals surface area contributed by atoms with Crippen LogP contribution in [0.15, 0.2) is 0 Å². The average Bonchev–Trinajstić information content (AvgIpc) is 2.25. The van der Waals surface area contributed by atoms with E-state index < -0.39 is 11.7 Å². The maximum absolute atomic E-state index is 11.5. The Morgan fingerprint density at radius 3 is 2.22 bits per heavy atom. The fourth-order valence-electron chi connectivity index (χ4n) is 1.29. The zero-order valence-electron chi connectivity index (χ0n) is 13.2. The highest BCUT2D eigenvalue weighted by molar-refractivity contribution is 5.68. The summed E-state index contributed by atoms with van der Waals surface area (Å²) in [6, 6.07) is -0.0612. The lowest BCUT2D eigenvalue weighted by Gasteiger charge is -2.24. The molecule has 0 aromatic carbocycles. The molecule has 0 rings (SSSR count). The van der Waals surface area contributed by atoms with Crippen LogP contribution in [-0.4, -0.2) is 23.8 Å². The molecule has 0 aliphatic heterocycles. The molecule has 3 N–H and O–H groups in total. The smallest absolute Gasteiger partial charge is 0.407 e. The summed E-state index contributed by atoms with van der Waals surface area (Å²) in [6.07, 6.45) is 2.73. The van der Waals surface area contributed by atoms with E-state index in [2.05, 4.69) is 12.2 Å². The molecule has 4 nitrogen and oxygen atoms in total. The van der Waals surface area contributed by atoms with Crippen LogP contribution in [0.5, 0.6) is 0 Å². The van der Waals surface area contributed by atoms with Gasteiger partial charge >= 0.3 is 6.09 Å². The third-order valence-corrected chi connectivity index (χ3v) is 2.28. The Balaban J connectivity index is 0. The number of carbonyl (C=O) groups is 1. The molecule has 18 heavy (non-hydrogen) atoms. The molecule has 110 valence electrons. The molecule has 1 amide bonds. The SMILES string of the molecule is CC.CCCCC(N)C(C)NC(=O)OC(C)(C)C. The van der Waals surface area contributed by atoms with Gasteiger partial charge in [0.25, 0.3) is 0 Å². The van der Waals surface area contributed by atoms with Gasteiger partial charge in [0.2, 0.25) is 0 Å². The topological polar surface area (TPSA) is 64.3 Å². The fraction of sp³-hybridized carbons (Fsp3) is 0.929. The van der Waals surface area contributed by atoms with Crippen LogP contribution < -0.4 is 11.1 Å². The number of amides is 1. The largest absolute Gasteiger partial charge is 0.444 e. The molecule has 0 aromatic rings. The van der Waals surface area contributed by atoms with Crippen LogP contribution in [0.25, 0.3) is 0 Å². The van der Waals surface area contributed by atoms with Crippen LogP contribution in [0.4, 0.5) is 4.79 Å². The highest BCUT2D eigenvalue weighted by Crippen LogP contribution is 2.08. The second-order valence-corrected chi connectivity index (χ2v) is 5.24. The van der Waals surface area contributed by atoms with E-state index in [1.807, 2.05) is 41.5 Å². The Kier molecular flexibility index (Phi) is 11.1. The van der Waals surface area contributed by atoms with Gasteiger partial charge in [-0.1, -0.05) is 33.6 Å². The van der Waals surface area contributed by atoms with Crippen molar-refractivity contribution in [3.8, 4) is 0 Å². The molecule has 2 unspecified atom stereocenters. The molecule has 0 fully saturated rings. The van der Waals surface area contributed by atoms with Crippen molar-refractivity contribution in [3.63, 3.8) is 0 Å². The zero-order chi connectivity index (χ0) is 14.8. The number of nitrogens with two attached hydrogens (primary N) is 1. The van der Waals surface area contributed by atoms with Crippen molar-refractivity contribution >= 4 is 6.09 Å². The van der Waals surface area contributed by atoms with Crippen molar-refractivity contribution in [1.29, 1.82) is 0 Å². The minimum atomic E-state index is -0.461. The minimum absolute atomic E-state index is 0.00697. The number of unbranched alkanes of at least 4 members (excludes halogenated alkanes) is 1. The summed E-state index contributed by atoms with van der Waals surface area (Å²) in [5.74, 6) is 0. The maximum atomic E-state index is 11.5. The number of hydrogen-bond acceptors (Lipinski definition) is 3. The summed E-state index contributed by atoms with van der Waals surface area (Å²) >= 11 is 0. The van der Waals surface area contributed by atoms with Crippen LogP contribution in [0.2, 0.25) is 0 Å². The minimum Gasteiger partial charge on any atom is -0.444 e. The lowest BCUT2D eigenvalue weighted by atomic mass is 10.0. The predicted molar refractivity (Wildman–Crippen MR) is 77.7 cm³/mol. The van der Waals surface area contributed by atoms with Crippen molar-refractivity contribution in [2.24, 2.45) is 5.73 Å².